The van der Waals surface area contributed by atoms with Crippen molar-refractivity contribution in [1.82, 2.24) is 19.5 Å². The summed E-state index contributed by atoms with van der Waals surface area (Å²) in [7, 11) is 0. The lowest BCUT2D eigenvalue weighted by Crippen LogP contribution is -2.03. The second kappa shape index (κ2) is 3.70. The third-order valence-corrected chi connectivity index (χ3v) is 3.33. The van der Waals surface area contributed by atoms with Gasteiger partial charge in [-0.25, -0.2) is 15.0 Å². The maximum atomic E-state index is 6.02. The van der Waals surface area contributed by atoms with Crippen LogP contribution in [0.2, 0.25) is 5.15 Å². The molecule has 0 N–H and O–H groups in total. The van der Waals surface area contributed by atoms with E-state index in [1.165, 1.54) is 19.2 Å². The lowest BCUT2D eigenvalue weighted by Gasteiger charge is -2.03. The number of hydrogen-bond acceptors (Lipinski definition) is 3. The normalized spacial score (nSPS) is 15.9. The Bertz CT molecular complexity index is 530. The van der Waals surface area contributed by atoms with E-state index in [-0.39, 0.29) is 0 Å². The molecule has 1 aliphatic carbocycles. The third-order valence-electron chi connectivity index (χ3n) is 3.05. The van der Waals surface area contributed by atoms with Gasteiger partial charge >= 0.3 is 0 Å². The summed E-state index contributed by atoms with van der Waals surface area (Å²) in [5.74, 6) is 1.91. The van der Waals surface area contributed by atoms with Crippen LogP contribution in [-0.2, 0) is 13.0 Å². The van der Waals surface area contributed by atoms with Crippen molar-refractivity contribution in [2.45, 2.75) is 32.7 Å². The van der Waals surface area contributed by atoms with Gasteiger partial charge in [-0.3, -0.25) is 0 Å². The molecule has 0 amide bonds. The molecule has 2 aromatic rings. The summed E-state index contributed by atoms with van der Waals surface area (Å²) in [5.41, 5.74) is 1.60. The van der Waals surface area contributed by atoms with Gasteiger partial charge < -0.3 is 4.57 Å². The highest BCUT2D eigenvalue weighted by atomic mass is 35.5. The Morgan fingerprint density at radius 2 is 2.25 bits per heavy atom. The zero-order valence-corrected chi connectivity index (χ0v) is 9.91. The first-order valence-corrected chi connectivity index (χ1v) is 6.03. The van der Waals surface area contributed by atoms with Gasteiger partial charge in [-0.15, -0.1) is 0 Å². The molecular formula is C11H13ClN4. The van der Waals surface area contributed by atoms with Gasteiger partial charge in [-0.05, 0) is 25.7 Å². The van der Waals surface area contributed by atoms with Crippen molar-refractivity contribution in [3.63, 3.8) is 0 Å². The van der Waals surface area contributed by atoms with Crippen molar-refractivity contribution in [2.75, 3.05) is 0 Å². The second-order valence-electron chi connectivity index (χ2n) is 4.26. The fourth-order valence-electron chi connectivity index (χ4n) is 2.02. The van der Waals surface area contributed by atoms with Crippen molar-refractivity contribution < 1.29 is 0 Å². The average molecular weight is 237 g/mol. The second-order valence-corrected chi connectivity index (χ2v) is 4.61. The molecular weight excluding hydrogens is 224 g/mol. The first-order valence-electron chi connectivity index (χ1n) is 5.65. The Morgan fingerprint density at radius 3 is 2.94 bits per heavy atom. The maximum Gasteiger partial charge on any atom is 0.164 e. The highest BCUT2D eigenvalue weighted by Gasteiger charge is 2.25. The predicted octanol–water partition coefficient (Wildman–Crippen LogP) is 2.45. The number of nitrogens with zero attached hydrogens (tertiary/aromatic N) is 4. The van der Waals surface area contributed by atoms with Gasteiger partial charge in [0, 0.05) is 13.0 Å². The standard InChI is InChI=1S/C11H13ClN4/c1-2-16-8(5-7-3-4-7)15-9-10(12)13-6-14-11(9)16/h6-7H,2-5H2,1H3. The van der Waals surface area contributed by atoms with Crippen LogP contribution in [0.1, 0.15) is 25.6 Å². The highest BCUT2D eigenvalue weighted by Crippen LogP contribution is 2.33. The molecule has 3 rings (SSSR count). The minimum absolute atomic E-state index is 0.453. The summed E-state index contributed by atoms with van der Waals surface area (Å²) in [6.45, 7) is 2.99. The Morgan fingerprint density at radius 1 is 1.44 bits per heavy atom. The highest BCUT2D eigenvalue weighted by molar-refractivity contribution is 6.33. The Labute approximate surface area is 98.7 Å². The molecule has 1 saturated carbocycles. The molecule has 1 aliphatic rings. The third kappa shape index (κ3) is 1.57. The number of fused-ring (bicyclic) bond motifs is 1. The molecule has 2 heterocycles. The predicted molar refractivity (Wildman–Crippen MR) is 62.4 cm³/mol. The van der Waals surface area contributed by atoms with Gasteiger partial charge in [0.1, 0.15) is 17.7 Å². The lowest BCUT2D eigenvalue weighted by atomic mass is 10.3. The number of hydrogen-bond donors (Lipinski definition) is 0. The maximum absolute atomic E-state index is 6.02. The van der Waals surface area contributed by atoms with E-state index in [1.54, 1.807) is 0 Å². The summed E-state index contributed by atoms with van der Waals surface area (Å²) in [4.78, 5) is 12.8. The van der Waals surface area contributed by atoms with E-state index in [4.69, 9.17) is 11.6 Å². The Hall–Kier alpha value is -1.16. The lowest BCUT2D eigenvalue weighted by molar-refractivity contribution is 0.672. The molecule has 0 unspecified atom stereocenters. The van der Waals surface area contributed by atoms with Crippen LogP contribution in [0, 0.1) is 5.92 Å². The fourth-order valence-corrected chi connectivity index (χ4v) is 2.19. The summed E-state index contributed by atoms with van der Waals surface area (Å²) in [6, 6.07) is 0. The van der Waals surface area contributed by atoms with Gasteiger partial charge in [0.2, 0.25) is 0 Å². The molecule has 1 fully saturated rings. The molecule has 0 aliphatic heterocycles. The first kappa shape index (κ1) is 10.0. The van der Waals surface area contributed by atoms with Crippen LogP contribution in [0.4, 0.5) is 0 Å². The van der Waals surface area contributed by atoms with Gasteiger partial charge in [0.15, 0.2) is 10.8 Å². The van der Waals surface area contributed by atoms with Crippen molar-refractivity contribution in [3.8, 4) is 0 Å². The van der Waals surface area contributed by atoms with Crippen LogP contribution in [0.5, 0.6) is 0 Å². The fraction of sp³-hybridized carbons (Fsp3) is 0.545. The topological polar surface area (TPSA) is 43.6 Å². The smallest absolute Gasteiger partial charge is 0.164 e. The van der Waals surface area contributed by atoms with Crippen LogP contribution in [-0.4, -0.2) is 19.5 Å². The largest absolute Gasteiger partial charge is 0.313 e. The van der Waals surface area contributed by atoms with E-state index in [9.17, 15) is 0 Å². The Kier molecular flexibility index (Phi) is 2.32. The SMILES string of the molecule is CCn1c(CC2CC2)nc2c(Cl)ncnc21. The molecule has 0 spiro atoms. The van der Waals surface area contributed by atoms with E-state index in [0.29, 0.717) is 5.15 Å². The molecule has 0 atom stereocenters. The average Bonchev–Trinajstić information content (AvgIpc) is 2.99. The van der Waals surface area contributed by atoms with Gasteiger partial charge in [0.05, 0.1) is 0 Å². The monoisotopic (exact) mass is 236 g/mol. The molecule has 4 nitrogen and oxygen atoms in total. The Balaban J connectivity index is 2.15. The minimum Gasteiger partial charge on any atom is -0.313 e. The molecule has 0 radical (unpaired) electrons. The van der Waals surface area contributed by atoms with Gasteiger partial charge in [0.25, 0.3) is 0 Å². The number of halogens is 1. The molecule has 5 heteroatoms. The molecule has 84 valence electrons. The van der Waals surface area contributed by atoms with Crippen LogP contribution < -0.4 is 0 Å². The van der Waals surface area contributed by atoms with E-state index in [2.05, 4.69) is 26.4 Å². The molecule has 16 heavy (non-hydrogen) atoms. The number of imidazole rings is 1. The van der Waals surface area contributed by atoms with Crippen LogP contribution >= 0.6 is 11.6 Å². The molecule has 2 aromatic heterocycles. The van der Waals surface area contributed by atoms with Crippen LogP contribution in [0.15, 0.2) is 6.33 Å². The first-order chi connectivity index (χ1) is 7.79. The van der Waals surface area contributed by atoms with Crippen molar-refractivity contribution in [3.05, 3.63) is 17.3 Å². The minimum atomic E-state index is 0.453. The van der Waals surface area contributed by atoms with Crippen LogP contribution in [0.3, 0.4) is 0 Å². The van der Waals surface area contributed by atoms with Crippen molar-refractivity contribution >= 4 is 22.8 Å². The van der Waals surface area contributed by atoms with Crippen molar-refractivity contribution in [1.29, 1.82) is 0 Å². The summed E-state index contributed by atoms with van der Waals surface area (Å²) in [5, 5.41) is 0.453. The quantitative estimate of drug-likeness (QED) is 0.769. The molecule has 0 bridgehead atoms. The molecule has 0 aromatic carbocycles. The van der Waals surface area contributed by atoms with Gasteiger partial charge in [-0.1, -0.05) is 11.6 Å². The van der Waals surface area contributed by atoms with Gasteiger partial charge in [-0.2, -0.15) is 0 Å². The van der Waals surface area contributed by atoms with Crippen molar-refractivity contribution in [2.24, 2.45) is 5.92 Å². The van der Waals surface area contributed by atoms with E-state index in [1.807, 2.05) is 0 Å². The summed E-state index contributed by atoms with van der Waals surface area (Å²) >= 11 is 6.02. The zero-order valence-electron chi connectivity index (χ0n) is 9.15. The number of aromatic nitrogens is 4. The van der Waals surface area contributed by atoms with E-state index >= 15 is 0 Å². The molecule has 0 saturated heterocycles. The summed E-state index contributed by atoms with van der Waals surface area (Å²) in [6.07, 6.45) is 5.19. The zero-order chi connectivity index (χ0) is 11.1. The van der Waals surface area contributed by atoms with E-state index < -0.39 is 0 Å². The number of aryl methyl sites for hydroxylation is 1. The van der Waals surface area contributed by atoms with E-state index in [0.717, 1.165) is 35.9 Å². The van der Waals surface area contributed by atoms with Crippen LogP contribution in [0.25, 0.3) is 11.2 Å². The number of rotatable bonds is 3. The summed E-state index contributed by atoms with van der Waals surface area (Å²) < 4.78 is 2.14.